The molecule has 0 saturated heterocycles. The van der Waals surface area contributed by atoms with Crippen molar-refractivity contribution in [2.75, 3.05) is 13.2 Å². The molecule has 0 aliphatic carbocycles. The van der Waals surface area contributed by atoms with Crippen molar-refractivity contribution in [1.82, 2.24) is 5.32 Å². The first-order valence-corrected chi connectivity index (χ1v) is 5.33. The molecule has 84 valence electrons. The molecule has 0 aliphatic heterocycles. The molecule has 0 bridgehead atoms. The molecule has 1 aromatic rings. The monoisotopic (exact) mass is 209 g/mol. The van der Waals surface area contributed by atoms with Gasteiger partial charge in [0.05, 0.1) is 13.2 Å². The Bertz CT molecular complexity index is 281. The van der Waals surface area contributed by atoms with E-state index < -0.39 is 0 Å². The Morgan fingerprint density at radius 3 is 3.00 bits per heavy atom. The van der Waals surface area contributed by atoms with Gasteiger partial charge in [-0.3, -0.25) is 0 Å². The Kier molecular flexibility index (Phi) is 5.81. The standard InChI is InChI=1S/C12H19NO2/c1-3-5-8-14-10-12-7-6-11(15-12)9-13-4-2/h3,6-7,13H,1,4-5,8-10H2,2H3. The predicted octanol–water partition coefficient (Wildman–Crippen LogP) is 2.48. The van der Waals surface area contributed by atoms with Crippen LogP contribution in [0.25, 0.3) is 0 Å². The first kappa shape index (κ1) is 12.0. The van der Waals surface area contributed by atoms with Gasteiger partial charge in [0.2, 0.25) is 0 Å². The Balaban J connectivity index is 2.23. The zero-order chi connectivity index (χ0) is 10.9. The number of rotatable bonds is 8. The maximum atomic E-state index is 5.55. The van der Waals surface area contributed by atoms with E-state index in [1.165, 1.54) is 0 Å². The predicted molar refractivity (Wildman–Crippen MR) is 60.6 cm³/mol. The van der Waals surface area contributed by atoms with Gasteiger partial charge < -0.3 is 14.5 Å². The van der Waals surface area contributed by atoms with Crippen molar-refractivity contribution in [1.29, 1.82) is 0 Å². The van der Waals surface area contributed by atoms with Gasteiger partial charge >= 0.3 is 0 Å². The summed E-state index contributed by atoms with van der Waals surface area (Å²) in [5.41, 5.74) is 0. The van der Waals surface area contributed by atoms with E-state index in [1.807, 2.05) is 18.2 Å². The van der Waals surface area contributed by atoms with Crippen LogP contribution in [0.15, 0.2) is 29.2 Å². The molecule has 1 heterocycles. The summed E-state index contributed by atoms with van der Waals surface area (Å²) < 4.78 is 10.9. The first-order chi connectivity index (χ1) is 7.36. The normalized spacial score (nSPS) is 10.5. The van der Waals surface area contributed by atoms with E-state index in [-0.39, 0.29) is 0 Å². The molecule has 0 aromatic carbocycles. The average molecular weight is 209 g/mol. The van der Waals surface area contributed by atoms with Crippen LogP contribution in [0, 0.1) is 0 Å². The Morgan fingerprint density at radius 1 is 1.47 bits per heavy atom. The molecule has 15 heavy (non-hydrogen) atoms. The molecule has 0 radical (unpaired) electrons. The number of ether oxygens (including phenoxy) is 1. The van der Waals surface area contributed by atoms with Crippen LogP contribution in [0.5, 0.6) is 0 Å². The van der Waals surface area contributed by atoms with Gasteiger partial charge in [-0.15, -0.1) is 6.58 Å². The molecule has 0 amide bonds. The summed E-state index contributed by atoms with van der Waals surface area (Å²) in [5, 5.41) is 3.21. The molecular formula is C12H19NO2. The van der Waals surface area contributed by atoms with Crippen LogP contribution in [0.2, 0.25) is 0 Å². The fourth-order valence-corrected chi connectivity index (χ4v) is 1.18. The first-order valence-electron chi connectivity index (χ1n) is 5.33. The lowest BCUT2D eigenvalue weighted by atomic mass is 10.4. The molecule has 3 nitrogen and oxygen atoms in total. The summed E-state index contributed by atoms with van der Waals surface area (Å²) in [6.07, 6.45) is 2.73. The quantitative estimate of drug-likeness (QED) is 0.527. The van der Waals surface area contributed by atoms with Crippen LogP contribution in [0.4, 0.5) is 0 Å². The van der Waals surface area contributed by atoms with Crippen LogP contribution in [-0.4, -0.2) is 13.2 Å². The number of hydrogen-bond acceptors (Lipinski definition) is 3. The van der Waals surface area contributed by atoms with Crippen molar-refractivity contribution in [2.24, 2.45) is 0 Å². The van der Waals surface area contributed by atoms with Crippen LogP contribution < -0.4 is 5.32 Å². The second kappa shape index (κ2) is 7.26. The zero-order valence-electron chi connectivity index (χ0n) is 9.29. The second-order valence-electron chi connectivity index (χ2n) is 3.28. The Morgan fingerprint density at radius 2 is 2.27 bits per heavy atom. The summed E-state index contributed by atoms with van der Waals surface area (Å²) in [6.45, 7) is 8.68. The van der Waals surface area contributed by atoms with Gasteiger partial charge in [-0.05, 0) is 25.1 Å². The lowest BCUT2D eigenvalue weighted by Crippen LogP contribution is -2.10. The summed E-state index contributed by atoms with van der Waals surface area (Å²) >= 11 is 0. The summed E-state index contributed by atoms with van der Waals surface area (Å²) in [6, 6.07) is 3.94. The van der Waals surface area contributed by atoms with E-state index in [9.17, 15) is 0 Å². The smallest absolute Gasteiger partial charge is 0.129 e. The van der Waals surface area contributed by atoms with E-state index in [4.69, 9.17) is 9.15 Å². The van der Waals surface area contributed by atoms with Crippen molar-refractivity contribution in [3.05, 3.63) is 36.3 Å². The third kappa shape index (κ3) is 4.81. The fourth-order valence-electron chi connectivity index (χ4n) is 1.18. The maximum absolute atomic E-state index is 5.55. The molecule has 3 heteroatoms. The lowest BCUT2D eigenvalue weighted by Gasteiger charge is -1.99. The largest absolute Gasteiger partial charge is 0.462 e. The van der Waals surface area contributed by atoms with Gasteiger partial charge in [0.1, 0.15) is 18.1 Å². The minimum atomic E-state index is 0.542. The highest BCUT2D eigenvalue weighted by molar-refractivity contribution is 5.06. The van der Waals surface area contributed by atoms with Crippen molar-refractivity contribution in [3.63, 3.8) is 0 Å². The van der Waals surface area contributed by atoms with Crippen molar-refractivity contribution in [3.8, 4) is 0 Å². The lowest BCUT2D eigenvalue weighted by molar-refractivity contribution is 0.109. The van der Waals surface area contributed by atoms with Gasteiger partial charge in [-0.25, -0.2) is 0 Å². The SMILES string of the molecule is C=CCCOCc1ccc(CNCC)o1. The van der Waals surface area contributed by atoms with Gasteiger partial charge in [-0.2, -0.15) is 0 Å². The molecule has 0 unspecified atom stereocenters. The van der Waals surface area contributed by atoms with Gasteiger partial charge in [0.25, 0.3) is 0 Å². The summed E-state index contributed by atoms with van der Waals surface area (Å²) in [5.74, 6) is 1.84. The molecule has 1 aromatic heterocycles. The molecule has 0 fully saturated rings. The maximum Gasteiger partial charge on any atom is 0.129 e. The minimum absolute atomic E-state index is 0.542. The fraction of sp³-hybridized carbons (Fsp3) is 0.500. The van der Waals surface area contributed by atoms with E-state index in [2.05, 4.69) is 18.8 Å². The molecule has 1 N–H and O–H groups in total. The molecule has 0 saturated carbocycles. The highest BCUT2D eigenvalue weighted by Crippen LogP contribution is 2.08. The van der Waals surface area contributed by atoms with Crippen LogP contribution in [0.1, 0.15) is 24.9 Å². The summed E-state index contributed by atoms with van der Waals surface area (Å²) in [7, 11) is 0. The summed E-state index contributed by atoms with van der Waals surface area (Å²) in [4.78, 5) is 0. The minimum Gasteiger partial charge on any atom is -0.462 e. The number of hydrogen-bond donors (Lipinski definition) is 1. The van der Waals surface area contributed by atoms with E-state index in [0.717, 1.165) is 31.0 Å². The second-order valence-corrected chi connectivity index (χ2v) is 3.28. The average Bonchev–Trinajstić information content (AvgIpc) is 2.69. The van der Waals surface area contributed by atoms with Crippen molar-refractivity contribution < 1.29 is 9.15 Å². The van der Waals surface area contributed by atoms with Crippen molar-refractivity contribution >= 4 is 0 Å². The highest BCUT2D eigenvalue weighted by Gasteiger charge is 2.00. The number of furan rings is 1. The van der Waals surface area contributed by atoms with E-state index in [0.29, 0.717) is 13.2 Å². The third-order valence-electron chi connectivity index (χ3n) is 1.98. The molecule has 0 spiro atoms. The van der Waals surface area contributed by atoms with E-state index in [1.54, 1.807) is 0 Å². The molecular weight excluding hydrogens is 190 g/mol. The van der Waals surface area contributed by atoms with Gasteiger partial charge in [0, 0.05) is 0 Å². The van der Waals surface area contributed by atoms with Crippen LogP contribution in [0.3, 0.4) is 0 Å². The molecule has 0 atom stereocenters. The van der Waals surface area contributed by atoms with Crippen LogP contribution in [-0.2, 0) is 17.9 Å². The van der Waals surface area contributed by atoms with Crippen molar-refractivity contribution in [2.45, 2.75) is 26.5 Å². The Hall–Kier alpha value is -1.06. The topological polar surface area (TPSA) is 34.4 Å². The van der Waals surface area contributed by atoms with Crippen LogP contribution >= 0.6 is 0 Å². The number of nitrogens with one attached hydrogen (secondary N) is 1. The highest BCUT2D eigenvalue weighted by atomic mass is 16.5. The molecule has 1 rings (SSSR count). The van der Waals surface area contributed by atoms with E-state index >= 15 is 0 Å². The molecule has 0 aliphatic rings. The third-order valence-corrected chi connectivity index (χ3v) is 1.98. The van der Waals surface area contributed by atoms with Gasteiger partial charge in [0.15, 0.2) is 0 Å². The van der Waals surface area contributed by atoms with Gasteiger partial charge in [-0.1, -0.05) is 13.0 Å². The Labute approximate surface area is 91.1 Å². The zero-order valence-corrected chi connectivity index (χ0v) is 9.29.